The first kappa shape index (κ1) is 12.7. The lowest BCUT2D eigenvalue weighted by atomic mass is 10.3. The third kappa shape index (κ3) is 2.08. The fourth-order valence-corrected chi connectivity index (χ4v) is 2.64. The lowest BCUT2D eigenvalue weighted by Gasteiger charge is -2.11. The lowest BCUT2D eigenvalue weighted by Crippen LogP contribution is -2.21. The van der Waals surface area contributed by atoms with Gasteiger partial charge in [-0.1, -0.05) is 0 Å². The number of rotatable bonds is 1. The molecule has 0 unspecified atom stereocenters. The zero-order chi connectivity index (χ0) is 12.0. The molecule has 15 heavy (non-hydrogen) atoms. The SMILES string of the molecule is C[P+](C)(Cl)c1c(F)c(F)c(F)c(F)c1F. The average Bonchev–Trinajstić information content (AvgIpc) is 2.09. The summed E-state index contributed by atoms with van der Waals surface area (Å²) < 4.78 is 64.3. The average molecular weight is 264 g/mol. The van der Waals surface area contributed by atoms with Gasteiger partial charge in [0, 0.05) is 0 Å². The minimum atomic E-state index is -2.84. The van der Waals surface area contributed by atoms with Crippen LogP contribution in [0.3, 0.4) is 0 Å². The highest BCUT2D eigenvalue weighted by Crippen LogP contribution is 2.56. The van der Waals surface area contributed by atoms with Gasteiger partial charge < -0.3 is 0 Å². The molecule has 0 aromatic heterocycles. The van der Waals surface area contributed by atoms with E-state index in [2.05, 4.69) is 0 Å². The second-order valence-electron chi connectivity index (χ2n) is 3.24. The van der Waals surface area contributed by atoms with Gasteiger partial charge in [-0.3, -0.25) is 0 Å². The molecule has 0 saturated heterocycles. The van der Waals surface area contributed by atoms with Gasteiger partial charge in [0.1, 0.15) is 6.62 Å². The molecule has 0 heterocycles. The Hall–Kier alpha value is -0.410. The van der Waals surface area contributed by atoms with E-state index in [1.165, 1.54) is 13.3 Å². The van der Waals surface area contributed by atoms with E-state index in [1.54, 1.807) is 0 Å². The highest BCUT2D eigenvalue weighted by atomic mass is 35.7. The van der Waals surface area contributed by atoms with Gasteiger partial charge in [-0.25, -0.2) is 13.2 Å². The molecule has 0 saturated carbocycles. The van der Waals surface area contributed by atoms with Crippen molar-refractivity contribution in [2.75, 3.05) is 13.3 Å². The lowest BCUT2D eigenvalue weighted by molar-refractivity contribution is 0.384. The van der Waals surface area contributed by atoms with Crippen molar-refractivity contribution in [2.45, 2.75) is 0 Å². The van der Waals surface area contributed by atoms with Gasteiger partial charge >= 0.3 is 0 Å². The van der Waals surface area contributed by atoms with Crippen molar-refractivity contribution in [2.24, 2.45) is 0 Å². The molecule has 0 spiro atoms. The molecule has 0 nitrogen and oxygen atoms in total. The summed E-state index contributed by atoms with van der Waals surface area (Å²) in [7, 11) is 0. The second kappa shape index (κ2) is 3.87. The molecule has 0 amide bonds. The summed E-state index contributed by atoms with van der Waals surface area (Å²) in [5, 5.41) is -0.916. The van der Waals surface area contributed by atoms with Gasteiger partial charge in [-0.15, -0.1) is 0 Å². The Labute approximate surface area is 88.2 Å². The fraction of sp³-hybridized carbons (Fsp3) is 0.250. The molecule has 0 aliphatic heterocycles. The van der Waals surface area contributed by atoms with Crippen LogP contribution in [0.25, 0.3) is 0 Å². The first-order valence-electron chi connectivity index (χ1n) is 3.73. The number of halogens is 6. The monoisotopic (exact) mass is 263 g/mol. The Morgan fingerprint density at radius 1 is 0.733 bits per heavy atom. The number of benzene rings is 1. The molecule has 0 atom stereocenters. The molecule has 7 heteroatoms. The van der Waals surface area contributed by atoms with Crippen molar-refractivity contribution >= 4 is 23.2 Å². The molecule has 1 rings (SSSR count). The summed E-state index contributed by atoms with van der Waals surface area (Å²) in [6.07, 6.45) is 0. The maximum absolute atomic E-state index is 13.1. The second-order valence-corrected chi connectivity index (χ2v) is 8.85. The first-order chi connectivity index (χ1) is 6.68. The third-order valence-corrected chi connectivity index (χ3v) is 3.68. The molecule has 0 radical (unpaired) electrons. The van der Waals surface area contributed by atoms with Crippen LogP contribution >= 0.6 is 17.9 Å². The van der Waals surface area contributed by atoms with Gasteiger partial charge in [0.15, 0.2) is 5.30 Å². The molecule has 0 bridgehead atoms. The molecule has 0 aliphatic carbocycles. The van der Waals surface area contributed by atoms with Crippen molar-refractivity contribution < 1.29 is 22.0 Å². The smallest absolute Gasteiger partial charge is 0.200 e. The molecule has 0 fully saturated rings. The molecule has 1 aromatic rings. The van der Waals surface area contributed by atoms with Crippen LogP contribution < -0.4 is 5.30 Å². The summed E-state index contributed by atoms with van der Waals surface area (Å²) >= 11 is 5.64. The Bertz CT molecular complexity index is 383. The maximum Gasteiger partial charge on any atom is 0.208 e. The highest BCUT2D eigenvalue weighted by molar-refractivity contribution is 8.03. The topological polar surface area (TPSA) is 0 Å². The van der Waals surface area contributed by atoms with E-state index >= 15 is 0 Å². The Balaban J connectivity index is 3.68. The van der Waals surface area contributed by atoms with E-state index in [0.717, 1.165) is 0 Å². The summed E-state index contributed by atoms with van der Waals surface area (Å²) in [5.41, 5.74) is 0. The van der Waals surface area contributed by atoms with Crippen LogP contribution in [0.4, 0.5) is 22.0 Å². The predicted octanol–water partition coefficient (Wildman–Crippen LogP) is 3.44. The quantitative estimate of drug-likeness (QED) is 0.315. The van der Waals surface area contributed by atoms with Crippen LogP contribution in [0.2, 0.25) is 0 Å². The molecule has 0 aliphatic rings. The minimum absolute atomic E-state index is 0.916. The largest absolute Gasteiger partial charge is 0.208 e. The standard InChI is InChI=1S/C8H6ClF5P/c1-15(2,9)8-6(13)4(11)3(10)5(12)7(8)14/h1-2H3/q+1. The van der Waals surface area contributed by atoms with Gasteiger partial charge in [0.2, 0.25) is 29.1 Å². The summed E-state index contributed by atoms with van der Waals surface area (Å²) in [4.78, 5) is 0. The Morgan fingerprint density at radius 2 is 1.00 bits per heavy atom. The van der Waals surface area contributed by atoms with Crippen molar-refractivity contribution in [3.8, 4) is 0 Å². The highest BCUT2D eigenvalue weighted by Gasteiger charge is 2.40. The van der Waals surface area contributed by atoms with E-state index in [0.29, 0.717) is 0 Å². The van der Waals surface area contributed by atoms with Crippen molar-refractivity contribution in [1.82, 2.24) is 0 Å². The van der Waals surface area contributed by atoms with Crippen LogP contribution in [-0.4, -0.2) is 13.3 Å². The molecule has 84 valence electrons. The van der Waals surface area contributed by atoms with Crippen LogP contribution in [0.5, 0.6) is 0 Å². The Kier molecular flexibility index (Phi) is 3.27. The fourth-order valence-electron chi connectivity index (χ4n) is 1.06. The van der Waals surface area contributed by atoms with Gasteiger partial charge in [-0.2, -0.15) is 8.78 Å². The first-order valence-corrected chi connectivity index (χ1v) is 7.32. The van der Waals surface area contributed by atoms with E-state index in [9.17, 15) is 22.0 Å². The van der Waals surface area contributed by atoms with E-state index in [-0.39, 0.29) is 0 Å². The van der Waals surface area contributed by atoms with Gasteiger partial charge in [0.05, 0.1) is 24.6 Å². The number of hydrogen-bond acceptors (Lipinski definition) is 0. The summed E-state index contributed by atoms with van der Waals surface area (Å²) in [6, 6.07) is 0. The van der Waals surface area contributed by atoms with Crippen LogP contribution in [0.1, 0.15) is 0 Å². The van der Waals surface area contributed by atoms with Crippen molar-refractivity contribution in [3.63, 3.8) is 0 Å². The minimum Gasteiger partial charge on any atom is -0.200 e. The van der Waals surface area contributed by atoms with E-state index in [1.807, 2.05) is 0 Å². The zero-order valence-corrected chi connectivity index (χ0v) is 9.37. The molecular formula is C8H6ClF5P+. The van der Waals surface area contributed by atoms with Crippen LogP contribution in [0.15, 0.2) is 0 Å². The zero-order valence-electron chi connectivity index (χ0n) is 7.72. The van der Waals surface area contributed by atoms with Crippen molar-refractivity contribution in [1.29, 1.82) is 0 Å². The normalized spacial score (nSPS) is 12.0. The summed E-state index contributed by atoms with van der Waals surface area (Å²) in [5.74, 6) is -9.78. The summed E-state index contributed by atoms with van der Waals surface area (Å²) in [6.45, 7) is -0.356. The van der Waals surface area contributed by atoms with Crippen LogP contribution in [-0.2, 0) is 0 Å². The van der Waals surface area contributed by atoms with Crippen LogP contribution in [0, 0.1) is 29.1 Å². The third-order valence-electron chi connectivity index (χ3n) is 1.72. The van der Waals surface area contributed by atoms with Gasteiger partial charge in [0.25, 0.3) is 0 Å². The molecule has 0 N–H and O–H groups in total. The maximum atomic E-state index is 13.1. The van der Waals surface area contributed by atoms with E-state index in [4.69, 9.17) is 11.2 Å². The predicted molar refractivity (Wildman–Crippen MR) is 50.5 cm³/mol. The number of hydrogen-bond donors (Lipinski definition) is 0. The van der Waals surface area contributed by atoms with Crippen molar-refractivity contribution in [3.05, 3.63) is 29.1 Å². The van der Waals surface area contributed by atoms with Gasteiger partial charge in [-0.05, 0) is 0 Å². The van der Waals surface area contributed by atoms with E-state index < -0.39 is 41.0 Å². The Morgan fingerprint density at radius 3 is 1.27 bits per heavy atom. The molecule has 1 aromatic carbocycles. The molecular weight excluding hydrogens is 258 g/mol.